The third kappa shape index (κ3) is 9.21. The molecule has 1 atom stereocenters. The summed E-state index contributed by atoms with van der Waals surface area (Å²) < 4.78 is 9.35. The molecule has 0 amide bonds. The number of ether oxygens (including phenoxy) is 2. The summed E-state index contributed by atoms with van der Waals surface area (Å²) in [4.78, 5) is 21.4. The fourth-order valence-electron chi connectivity index (χ4n) is 0.854. The van der Waals surface area contributed by atoms with Crippen molar-refractivity contribution in [2.24, 2.45) is 0 Å². The van der Waals surface area contributed by atoms with Crippen LogP contribution in [0.5, 0.6) is 0 Å². The first kappa shape index (κ1) is 13.9. The molecule has 0 heterocycles. The maximum Gasteiger partial charge on any atom is 0.308 e. The molecular formula is C10H18O5. The number of hydrogen-bond acceptors (Lipinski definition) is 5. The quantitative estimate of drug-likeness (QED) is 0.501. The van der Waals surface area contributed by atoms with Gasteiger partial charge in [-0.1, -0.05) is 13.3 Å². The first-order valence-corrected chi connectivity index (χ1v) is 5.03. The second-order valence-corrected chi connectivity index (χ2v) is 3.23. The van der Waals surface area contributed by atoms with Crippen LogP contribution in [0.2, 0.25) is 0 Å². The van der Waals surface area contributed by atoms with Crippen LogP contribution >= 0.6 is 0 Å². The van der Waals surface area contributed by atoms with Gasteiger partial charge in [0, 0.05) is 6.92 Å². The molecule has 0 saturated carbocycles. The first-order chi connectivity index (χ1) is 7.06. The molecule has 0 rings (SSSR count). The van der Waals surface area contributed by atoms with Gasteiger partial charge >= 0.3 is 11.9 Å². The highest BCUT2D eigenvalue weighted by molar-refractivity contribution is 5.70. The molecule has 0 fully saturated rings. The second-order valence-electron chi connectivity index (χ2n) is 3.23. The molecule has 0 aliphatic carbocycles. The molecule has 0 aromatic rings. The molecule has 0 radical (unpaired) electrons. The van der Waals surface area contributed by atoms with Crippen LogP contribution in [0, 0.1) is 0 Å². The molecule has 0 aliphatic rings. The molecule has 1 unspecified atom stereocenters. The molecular weight excluding hydrogens is 200 g/mol. The predicted molar refractivity (Wildman–Crippen MR) is 53.1 cm³/mol. The van der Waals surface area contributed by atoms with E-state index in [1.54, 1.807) is 0 Å². The summed E-state index contributed by atoms with van der Waals surface area (Å²) in [6.45, 7) is 3.43. The summed E-state index contributed by atoms with van der Waals surface area (Å²) in [5.41, 5.74) is 0. The van der Waals surface area contributed by atoms with Gasteiger partial charge in [-0.15, -0.1) is 0 Å². The number of aliphatic hydroxyl groups is 1. The van der Waals surface area contributed by atoms with Gasteiger partial charge in [0.25, 0.3) is 0 Å². The zero-order valence-corrected chi connectivity index (χ0v) is 9.19. The highest BCUT2D eigenvalue weighted by Gasteiger charge is 2.12. The van der Waals surface area contributed by atoms with Crippen LogP contribution in [-0.2, 0) is 19.1 Å². The van der Waals surface area contributed by atoms with E-state index in [4.69, 9.17) is 4.74 Å². The van der Waals surface area contributed by atoms with E-state index in [-0.39, 0.29) is 13.0 Å². The van der Waals surface area contributed by atoms with E-state index >= 15 is 0 Å². The normalized spacial score (nSPS) is 11.9. The lowest BCUT2D eigenvalue weighted by Crippen LogP contribution is -2.22. The van der Waals surface area contributed by atoms with Crippen molar-refractivity contribution in [2.45, 2.75) is 39.2 Å². The van der Waals surface area contributed by atoms with Crippen LogP contribution in [0.4, 0.5) is 0 Å². The highest BCUT2D eigenvalue weighted by Crippen LogP contribution is 1.97. The van der Waals surface area contributed by atoms with Crippen molar-refractivity contribution in [1.82, 2.24) is 0 Å². The number of aliphatic hydroxyl groups excluding tert-OH is 1. The van der Waals surface area contributed by atoms with Gasteiger partial charge in [0.2, 0.25) is 0 Å². The Kier molecular flexibility index (Phi) is 7.62. The maximum absolute atomic E-state index is 11.1. The van der Waals surface area contributed by atoms with Gasteiger partial charge in [-0.2, -0.15) is 0 Å². The average molecular weight is 218 g/mol. The van der Waals surface area contributed by atoms with Gasteiger partial charge in [-0.3, -0.25) is 9.59 Å². The monoisotopic (exact) mass is 218 g/mol. The largest absolute Gasteiger partial charge is 0.466 e. The summed E-state index contributed by atoms with van der Waals surface area (Å²) in [6.07, 6.45) is 0.634. The Balaban J connectivity index is 3.53. The lowest BCUT2D eigenvalue weighted by molar-refractivity contribution is -0.151. The van der Waals surface area contributed by atoms with Crippen molar-refractivity contribution in [3.63, 3.8) is 0 Å². The van der Waals surface area contributed by atoms with Crippen LogP contribution in [0.1, 0.15) is 33.1 Å². The fourth-order valence-corrected chi connectivity index (χ4v) is 0.854. The Morgan fingerprint density at radius 2 is 2.00 bits per heavy atom. The molecule has 0 saturated heterocycles. The SMILES string of the molecule is CCCCOC(=O)CC(O)COC(C)=O. The maximum atomic E-state index is 11.1. The number of carbonyl (C=O) groups is 2. The number of hydrogen-bond donors (Lipinski definition) is 1. The van der Waals surface area contributed by atoms with Crippen LogP contribution in [0.3, 0.4) is 0 Å². The van der Waals surface area contributed by atoms with Gasteiger partial charge < -0.3 is 14.6 Å². The summed E-state index contributed by atoms with van der Waals surface area (Å²) in [7, 11) is 0. The molecule has 0 aromatic heterocycles. The Hall–Kier alpha value is -1.10. The molecule has 5 heteroatoms. The number of esters is 2. The standard InChI is InChI=1S/C10H18O5/c1-3-4-5-14-10(13)6-9(12)7-15-8(2)11/h9,12H,3-7H2,1-2H3. The topological polar surface area (TPSA) is 72.8 Å². The van der Waals surface area contributed by atoms with E-state index in [1.165, 1.54) is 6.92 Å². The van der Waals surface area contributed by atoms with Crippen molar-refractivity contribution in [3.8, 4) is 0 Å². The molecule has 88 valence electrons. The smallest absolute Gasteiger partial charge is 0.308 e. The van der Waals surface area contributed by atoms with Crippen molar-refractivity contribution in [3.05, 3.63) is 0 Å². The lowest BCUT2D eigenvalue weighted by Gasteiger charge is -2.09. The summed E-state index contributed by atoms with van der Waals surface area (Å²) in [5, 5.41) is 9.25. The Bertz CT molecular complexity index is 202. The molecule has 0 spiro atoms. The Morgan fingerprint density at radius 1 is 1.33 bits per heavy atom. The van der Waals surface area contributed by atoms with E-state index in [1.807, 2.05) is 6.92 Å². The molecule has 5 nitrogen and oxygen atoms in total. The molecule has 0 bridgehead atoms. The first-order valence-electron chi connectivity index (χ1n) is 5.03. The van der Waals surface area contributed by atoms with Crippen molar-refractivity contribution < 1.29 is 24.2 Å². The average Bonchev–Trinajstić information content (AvgIpc) is 2.15. The minimum atomic E-state index is -0.983. The van der Waals surface area contributed by atoms with Crippen LogP contribution in [-0.4, -0.2) is 36.4 Å². The van der Waals surface area contributed by atoms with E-state index in [0.29, 0.717) is 6.61 Å². The van der Waals surface area contributed by atoms with Crippen LogP contribution < -0.4 is 0 Å². The fraction of sp³-hybridized carbons (Fsp3) is 0.800. The zero-order valence-electron chi connectivity index (χ0n) is 9.19. The minimum Gasteiger partial charge on any atom is -0.466 e. The Morgan fingerprint density at radius 3 is 2.53 bits per heavy atom. The molecule has 15 heavy (non-hydrogen) atoms. The lowest BCUT2D eigenvalue weighted by atomic mass is 10.3. The van der Waals surface area contributed by atoms with Crippen molar-refractivity contribution >= 4 is 11.9 Å². The zero-order chi connectivity index (χ0) is 11.7. The minimum absolute atomic E-state index is 0.142. The van der Waals surface area contributed by atoms with E-state index in [2.05, 4.69) is 4.74 Å². The third-order valence-corrected chi connectivity index (χ3v) is 1.64. The summed E-state index contributed by atoms with van der Waals surface area (Å²) in [6, 6.07) is 0. The van der Waals surface area contributed by atoms with Gasteiger partial charge in [-0.25, -0.2) is 0 Å². The van der Waals surface area contributed by atoms with Crippen LogP contribution in [0.25, 0.3) is 0 Å². The predicted octanol–water partition coefficient (Wildman–Crippen LogP) is 0.644. The number of carbonyl (C=O) groups excluding carboxylic acids is 2. The summed E-state index contributed by atoms with van der Waals surface area (Å²) >= 11 is 0. The molecule has 0 aliphatic heterocycles. The van der Waals surface area contributed by atoms with E-state index in [0.717, 1.165) is 12.8 Å². The highest BCUT2D eigenvalue weighted by atomic mass is 16.5. The molecule has 1 N–H and O–H groups in total. The van der Waals surface area contributed by atoms with Gasteiger partial charge in [-0.05, 0) is 6.42 Å². The van der Waals surface area contributed by atoms with Gasteiger partial charge in [0.1, 0.15) is 6.61 Å². The number of unbranched alkanes of at least 4 members (excludes halogenated alkanes) is 1. The molecule has 0 aromatic carbocycles. The van der Waals surface area contributed by atoms with Gasteiger partial charge in [0.05, 0.1) is 19.1 Å². The third-order valence-electron chi connectivity index (χ3n) is 1.64. The van der Waals surface area contributed by atoms with Crippen molar-refractivity contribution in [2.75, 3.05) is 13.2 Å². The van der Waals surface area contributed by atoms with Gasteiger partial charge in [0.15, 0.2) is 0 Å². The van der Waals surface area contributed by atoms with E-state index in [9.17, 15) is 14.7 Å². The van der Waals surface area contributed by atoms with Crippen molar-refractivity contribution in [1.29, 1.82) is 0 Å². The second kappa shape index (κ2) is 8.23. The van der Waals surface area contributed by atoms with Crippen LogP contribution in [0.15, 0.2) is 0 Å². The summed E-state index contributed by atoms with van der Waals surface area (Å²) in [5.74, 6) is -0.948. The Labute approximate surface area is 89.4 Å². The van der Waals surface area contributed by atoms with E-state index < -0.39 is 18.0 Å². The number of rotatable bonds is 7.